The standard InChI is InChI=1S/C125H123N11O2/c1-7-13-19-26-82-34-46-88(47-35-82)116-98-66-70-102(128-98)118(90-50-38-84(39-51-90)28-21-15-9-3)106-74-78-110(132-106)122(111-79-75-107(133-111)119(103-71-67-99(116)129-103)91-52-40-85(41-53-91)29-22-16-10-4)94-58-62-96(63-59-94)126-124(137)114-32-25-33-115(136-114)125(138)127-97-64-60-95(61-65-97)123-112-80-76-108(134-112)120(92-54-42-86(43-55-92)30-23-17-11-5)104-72-68-100(130-104)117(89-48-36-83(37-49-89)27-20-14-8-2)101-69-73-105(131-101)121(109-77-81-113(123)135-109)93-56-44-87(45-57-93)31-24-18-12-6/h25,32-81,128,130,133,135H,7-24,26-31H2,1-6H3,(H,126,137)(H,127,138). The Bertz CT molecular complexity index is 6880. The van der Waals surface area contributed by atoms with Crippen LogP contribution >= 0.6 is 0 Å². The molecule has 690 valence electrons. The van der Waals surface area contributed by atoms with E-state index in [1.165, 1.54) is 110 Å². The van der Waals surface area contributed by atoms with Gasteiger partial charge in [-0.25, -0.2) is 24.9 Å². The SMILES string of the molecule is CCCCCc1ccc(-c2c3nc(c(-c4ccc(CCCCC)cc4)c4ccc([nH]4)c(-c4ccc(NC(=O)c5cccc(C(=O)Nc6ccc(-c7c8nc(c(-c9ccc(CCCCC)cc9)c9ccc([nH]9)c(-c9ccc(CCCCC)cc9)c9nc(c(-c%10ccc(CCCCC)cc%10)c%10ccc7[nH]%10)C=C9)C=C8)cc6)n5)cc4)c4nc(c(-c5ccc(CCCCC)cc5)c5ccc2[nH]5)C=C4)C=C3)cc1. The third-order valence-corrected chi connectivity index (χ3v) is 27.5. The van der Waals surface area contributed by atoms with Crippen molar-refractivity contribution in [3.63, 3.8) is 0 Å². The van der Waals surface area contributed by atoms with Crippen molar-refractivity contribution >= 4 is 116 Å². The third kappa shape index (κ3) is 20.9. The van der Waals surface area contributed by atoms with E-state index < -0.39 is 11.8 Å². The molecule has 0 atom stereocenters. The number of carbonyl (C=O) groups excluding carboxylic acids is 2. The zero-order valence-corrected chi connectivity index (χ0v) is 80.5. The molecule has 16 bridgehead atoms. The van der Waals surface area contributed by atoms with Crippen molar-refractivity contribution in [2.24, 2.45) is 0 Å². The first-order chi connectivity index (χ1) is 67.9. The number of pyridine rings is 1. The number of anilines is 2. The highest BCUT2D eigenvalue weighted by molar-refractivity contribution is 6.08. The number of aromatic amines is 4. The zero-order chi connectivity index (χ0) is 94.2. The summed E-state index contributed by atoms with van der Waals surface area (Å²) in [6.07, 6.45) is 44.5. The molecule has 0 unspecified atom stereocenters. The van der Waals surface area contributed by atoms with Gasteiger partial charge in [-0.05, 0) is 288 Å². The van der Waals surface area contributed by atoms with Crippen molar-refractivity contribution in [2.45, 2.75) is 196 Å². The lowest BCUT2D eigenvalue weighted by atomic mass is 10.00. The van der Waals surface area contributed by atoms with E-state index in [1.54, 1.807) is 18.2 Å². The van der Waals surface area contributed by atoms with Crippen LogP contribution in [0.2, 0.25) is 0 Å². The average molecular weight is 1810 g/mol. The Morgan fingerprint density at radius 3 is 0.536 bits per heavy atom. The second kappa shape index (κ2) is 43.4. The summed E-state index contributed by atoms with van der Waals surface area (Å²) in [6, 6.07) is 92.6. The largest absolute Gasteiger partial charge is 0.354 e. The van der Waals surface area contributed by atoms with Gasteiger partial charge in [-0.3, -0.25) is 9.59 Å². The minimum atomic E-state index is -0.471. The number of nitrogens with one attached hydrogen (secondary N) is 6. The summed E-state index contributed by atoms with van der Waals surface area (Å²) in [5, 5.41) is 6.24. The molecule has 13 heteroatoms. The van der Waals surface area contributed by atoms with Gasteiger partial charge in [0.15, 0.2) is 0 Å². The minimum absolute atomic E-state index is 0.0790. The van der Waals surface area contributed by atoms with E-state index in [2.05, 4.69) is 315 Å². The highest BCUT2D eigenvalue weighted by Crippen LogP contribution is 2.44. The maximum Gasteiger partial charge on any atom is 0.274 e. The van der Waals surface area contributed by atoms with Gasteiger partial charge in [0.2, 0.25) is 0 Å². The summed E-state index contributed by atoms with van der Waals surface area (Å²) in [5.74, 6) is -0.942. The van der Waals surface area contributed by atoms with E-state index in [0.717, 1.165) is 256 Å². The Labute approximate surface area is 811 Å². The number of benzene rings is 8. The highest BCUT2D eigenvalue weighted by Gasteiger charge is 2.25. The number of nitrogens with zero attached hydrogens (tertiary/aromatic N) is 5. The molecule has 0 radical (unpaired) electrons. The maximum absolute atomic E-state index is 14.6. The Hall–Kier alpha value is -15.0. The molecule has 138 heavy (non-hydrogen) atoms. The van der Waals surface area contributed by atoms with Gasteiger partial charge in [0, 0.05) is 100 Å². The third-order valence-electron chi connectivity index (χ3n) is 27.5. The Morgan fingerprint density at radius 1 is 0.203 bits per heavy atom. The molecule has 7 aromatic heterocycles. The van der Waals surface area contributed by atoms with Crippen LogP contribution in [-0.2, 0) is 38.5 Å². The normalized spacial score (nSPS) is 12.0. The molecule has 13 nitrogen and oxygen atoms in total. The number of aryl methyl sites for hydroxylation is 6. The van der Waals surface area contributed by atoms with Gasteiger partial charge in [0.1, 0.15) is 11.4 Å². The lowest BCUT2D eigenvalue weighted by Gasteiger charge is -2.10. The number of aromatic nitrogens is 9. The van der Waals surface area contributed by atoms with Crippen molar-refractivity contribution in [3.8, 4) is 89.0 Å². The molecule has 6 N–H and O–H groups in total. The highest BCUT2D eigenvalue weighted by atomic mass is 16.2. The molecular formula is C125H123N11O2. The fraction of sp³-hybridized carbons (Fsp3) is 0.240. The topological polar surface area (TPSA) is 186 Å². The van der Waals surface area contributed by atoms with E-state index >= 15 is 0 Å². The zero-order valence-electron chi connectivity index (χ0n) is 80.5. The smallest absolute Gasteiger partial charge is 0.274 e. The predicted molar refractivity (Wildman–Crippen MR) is 581 cm³/mol. The number of carbonyl (C=O) groups is 2. The number of rotatable bonds is 36. The van der Waals surface area contributed by atoms with Gasteiger partial charge in [-0.15, -0.1) is 0 Å². The predicted octanol–water partition coefficient (Wildman–Crippen LogP) is 33.3. The van der Waals surface area contributed by atoms with Gasteiger partial charge < -0.3 is 30.6 Å². The molecule has 0 spiro atoms. The Morgan fingerprint density at radius 2 is 0.370 bits per heavy atom. The second-order valence-electron chi connectivity index (χ2n) is 37.4. The van der Waals surface area contributed by atoms with Crippen LogP contribution in [0.15, 0.2) is 261 Å². The van der Waals surface area contributed by atoms with Crippen LogP contribution in [0.4, 0.5) is 11.4 Å². The Balaban J connectivity index is 0.656. The van der Waals surface area contributed by atoms with E-state index in [1.807, 2.05) is 48.5 Å². The van der Waals surface area contributed by atoms with Crippen molar-refractivity contribution in [3.05, 3.63) is 351 Å². The molecule has 0 aliphatic carbocycles. The molecular weight excluding hydrogens is 1690 g/mol. The quantitative estimate of drug-likeness (QED) is 0.0211. The fourth-order valence-electron chi connectivity index (χ4n) is 19.9. The van der Waals surface area contributed by atoms with Crippen LogP contribution in [-0.4, -0.2) is 56.7 Å². The van der Waals surface area contributed by atoms with Gasteiger partial charge in [-0.2, -0.15) is 0 Å². The molecule has 19 rings (SSSR count). The maximum atomic E-state index is 14.6. The molecule has 0 saturated carbocycles. The summed E-state index contributed by atoms with van der Waals surface area (Å²) in [5.41, 5.74) is 39.0. The Kier molecular flexibility index (Phi) is 29.0. The van der Waals surface area contributed by atoms with Crippen LogP contribution in [0.3, 0.4) is 0 Å². The van der Waals surface area contributed by atoms with Gasteiger partial charge >= 0.3 is 0 Å². The summed E-state index contributed by atoms with van der Waals surface area (Å²) in [7, 11) is 0. The summed E-state index contributed by atoms with van der Waals surface area (Å²) >= 11 is 0. The van der Waals surface area contributed by atoms with Crippen molar-refractivity contribution in [1.82, 2.24) is 44.9 Å². The molecule has 4 aliphatic rings. The molecule has 8 aromatic carbocycles. The lowest BCUT2D eigenvalue weighted by molar-refractivity contribution is 0.101. The molecule has 4 aliphatic heterocycles. The summed E-state index contributed by atoms with van der Waals surface area (Å²) in [4.78, 5) is 72.5. The van der Waals surface area contributed by atoms with E-state index in [-0.39, 0.29) is 11.4 Å². The first-order valence-electron chi connectivity index (χ1n) is 50.6. The van der Waals surface area contributed by atoms with Crippen molar-refractivity contribution in [1.29, 1.82) is 0 Å². The average Bonchev–Trinajstić information content (AvgIpc) is 1.61. The number of hydrogen-bond donors (Lipinski definition) is 6. The molecule has 11 heterocycles. The monoisotopic (exact) mass is 1810 g/mol. The fourth-order valence-corrected chi connectivity index (χ4v) is 19.9. The molecule has 15 aromatic rings. The minimum Gasteiger partial charge on any atom is -0.354 e. The molecule has 2 amide bonds. The van der Waals surface area contributed by atoms with Gasteiger partial charge in [-0.1, -0.05) is 295 Å². The van der Waals surface area contributed by atoms with E-state index in [0.29, 0.717) is 11.4 Å². The second-order valence-corrected chi connectivity index (χ2v) is 37.4. The van der Waals surface area contributed by atoms with Crippen molar-refractivity contribution in [2.75, 3.05) is 10.6 Å². The molecule has 0 saturated heterocycles. The van der Waals surface area contributed by atoms with E-state index in [9.17, 15) is 9.59 Å². The first-order valence-corrected chi connectivity index (χ1v) is 50.6. The van der Waals surface area contributed by atoms with Crippen LogP contribution in [0.25, 0.3) is 182 Å². The first kappa shape index (κ1) is 92.1. The number of hydrogen-bond acceptors (Lipinski definition) is 7. The van der Waals surface area contributed by atoms with Crippen LogP contribution < -0.4 is 10.6 Å². The lowest BCUT2D eigenvalue weighted by Crippen LogP contribution is -2.18. The number of fused-ring (bicyclic) bond motifs is 16. The van der Waals surface area contributed by atoms with Gasteiger partial charge in [0.05, 0.1) is 45.6 Å². The van der Waals surface area contributed by atoms with Crippen LogP contribution in [0, 0.1) is 0 Å². The van der Waals surface area contributed by atoms with Crippen molar-refractivity contribution < 1.29 is 9.59 Å². The summed E-state index contributed by atoms with van der Waals surface area (Å²) in [6.45, 7) is 13.5. The number of H-pyrrole nitrogens is 4. The molecule has 0 fully saturated rings. The van der Waals surface area contributed by atoms with E-state index in [4.69, 9.17) is 24.9 Å². The van der Waals surface area contributed by atoms with Crippen LogP contribution in [0.5, 0.6) is 0 Å². The van der Waals surface area contributed by atoms with Crippen LogP contribution in [0.1, 0.15) is 257 Å². The van der Waals surface area contributed by atoms with Gasteiger partial charge in [0.25, 0.3) is 11.8 Å². The number of unbranched alkanes of at least 4 members (excludes halogenated alkanes) is 12. The number of amides is 2. The summed E-state index contributed by atoms with van der Waals surface area (Å²) < 4.78 is 0.